The molecule has 2 aromatic heterocycles. The molecule has 1 atom stereocenters. The van der Waals surface area contributed by atoms with Gasteiger partial charge in [-0.1, -0.05) is 12.5 Å². The van der Waals surface area contributed by atoms with Crippen molar-refractivity contribution in [2.75, 3.05) is 13.6 Å². The zero-order valence-electron chi connectivity index (χ0n) is 10.8. The van der Waals surface area contributed by atoms with E-state index < -0.39 is 0 Å². The Morgan fingerprint density at radius 3 is 3.06 bits per heavy atom. The van der Waals surface area contributed by atoms with Crippen LogP contribution in [0.15, 0.2) is 24.4 Å². The molecule has 1 fully saturated rings. The number of likely N-dealkylation sites (tertiary alicyclic amines) is 1. The topological polar surface area (TPSA) is 46.6 Å². The van der Waals surface area contributed by atoms with E-state index in [9.17, 15) is 0 Å². The molecule has 1 aliphatic heterocycles. The predicted octanol–water partition coefficient (Wildman–Crippen LogP) is 1.95. The molecule has 96 valence electrons. The van der Waals surface area contributed by atoms with Gasteiger partial charge in [0.05, 0.1) is 11.7 Å². The van der Waals surface area contributed by atoms with Crippen molar-refractivity contribution in [2.45, 2.75) is 31.8 Å². The van der Waals surface area contributed by atoms with Crippen LogP contribution in [-0.4, -0.2) is 27.9 Å². The number of pyridine rings is 1. The second-order valence-corrected chi connectivity index (χ2v) is 5.11. The van der Waals surface area contributed by atoms with Crippen molar-refractivity contribution in [3.63, 3.8) is 0 Å². The van der Waals surface area contributed by atoms with Crippen LogP contribution in [0.2, 0.25) is 0 Å². The van der Waals surface area contributed by atoms with Gasteiger partial charge in [-0.15, -0.1) is 0 Å². The summed E-state index contributed by atoms with van der Waals surface area (Å²) in [7, 11) is 2.19. The first-order valence-electron chi connectivity index (χ1n) is 6.67. The summed E-state index contributed by atoms with van der Waals surface area (Å²) in [5.41, 5.74) is 9.07. The SMILES string of the molecule is CN1CCCCC1c1cn2c(CN)cccc2n1. The number of rotatable bonds is 2. The Morgan fingerprint density at radius 1 is 1.39 bits per heavy atom. The zero-order valence-corrected chi connectivity index (χ0v) is 10.8. The molecule has 0 bridgehead atoms. The van der Waals surface area contributed by atoms with Crippen molar-refractivity contribution >= 4 is 5.65 Å². The maximum Gasteiger partial charge on any atom is 0.137 e. The molecular formula is C14H20N4. The van der Waals surface area contributed by atoms with Gasteiger partial charge in [-0.3, -0.25) is 4.90 Å². The second-order valence-electron chi connectivity index (χ2n) is 5.11. The normalized spacial score (nSPS) is 21.6. The summed E-state index contributed by atoms with van der Waals surface area (Å²) >= 11 is 0. The van der Waals surface area contributed by atoms with Gasteiger partial charge < -0.3 is 10.1 Å². The van der Waals surface area contributed by atoms with Crippen LogP contribution >= 0.6 is 0 Å². The molecule has 3 rings (SSSR count). The lowest BCUT2D eigenvalue weighted by atomic mass is 10.0. The van der Waals surface area contributed by atoms with E-state index in [0.29, 0.717) is 12.6 Å². The van der Waals surface area contributed by atoms with Gasteiger partial charge in [0.15, 0.2) is 0 Å². The van der Waals surface area contributed by atoms with Gasteiger partial charge in [-0.25, -0.2) is 4.98 Å². The van der Waals surface area contributed by atoms with Gasteiger partial charge in [0.2, 0.25) is 0 Å². The molecule has 1 unspecified atom stereocenters. The van der Waals surface area contributed by atoms with E-state index in [-0.39, 0.29) is 0 Å². The van der Waals surface area contributed by atoms with Crippen LogP contribution in [0.3, 0.4) is 0 Å². The molecule has 0 aliphatic carbocycles. The highest BCUT2D eigenvalue weighted by Crippen LogP contribution is 2.29. The molecule has 0 saturated carbocycles. The van der Waals surface area contributed by atoms with Crippen molar-refractivity contribution in [1.29, 1.82) is 0 Å². The lowest BCUT2D eigenvalue weighted by Gasteiger charge is -2.31. The molecule has 4 heteroatoms. The van der Waals surface area contributed by atoms with Crippen molar-refractivity contribution in [1.82, 2.24) is 14.3 Å². The Kier molecular flexibility index (Phi) is 3.06. The lowest BCUT2D eigenvalue weighted by molar-refractivity contribution is 0.184. The van der Waals surface area contributed by atoms with Gasteiger partial charge in [0, 0.05) is 18.4 Å². The highest BCUT2D eigenvalue weighted by atomic mass is 15.2. The Labute approximate surface area is 107 Å². The Balaban J connectivity index is 2.02. The molecule has 18 heavy (non-hydrogen) atoms. The van der Waals surface area contributed by atoms with E-state index >= 15 is 0 Å². The van der Waals surface area contributed by atoms with Crippen molar-refractivity contribution in [2.24, 2.45) is 5.73 Å². The number of imidazole rings is 1. The quantitative estimate of drug-likeness (QED) is 0.878. The molecule has 3 heterocycles. The summed E-state index contributed by atoms with van der Waals surface area (Å²) in [5.74, 6) is 0. The molecule has 0 aromatic carbocycles. The fourth-order valence-corrected chi connectivity index (χ4v) is 2.86. The van der Waals surface area contributed by atoms with Crippen LogP contribution in [0.25, 0.3) is 5.65 Å². The van der Waals surface area contributed by atoms with E-state index in [2.05, 4.69) is 28.6 Å². The van der Waals surface area contributed by atoms with Crippen molar-refractivity contribution in [3.05, 3.63) is 35.8 Å². The Bertz CT molecular complexity index is 546. The van der Waals surface area contributed by atoms with E-state index in [0.717, 1.165) is 11.3 Å². The molecule has 0 radical (unpaired) electrons. The van der Waals surface area contributed by atoms with Crippen molar-refractivity contribution < 1.29 is 0 Å². The number of hydrogen-bond donors (Lipinski definition) is 1. The van der Waals surface area contributed by atoms with E-state index in [4.69, 9.17) is 10.7 Å². The van der Waals surface area contributed by atoms with Gasteiger partial charge in [-0.2, -0.15) is 0 Å². The first-order chi connectivity index (χ1) is 8.79. The second kappa shape index (κ2) is 4.71. The summed E-state index contributed by atoms with van der Waals surface area (Å²) < 4.78 is 2.12. The smallest absolute Gasteiger partial charge is 0.137 e. The standard InChI is InChI=1S/C14H20N4/c1-17-8-3-2-6-13(17)12-10-18-11(9-15)5-4-7-14(18)16-12/h4-5,7,10,13H,2-3,6,8-9,15H2,1H3. The summed E-state index contributed by atoms with van der Waals surface area (Å²) in [4.78, 5) is 7.17. The number of nitrogens with zero attached hydrogens (tertiary/aromatic N) is 3. The average molecular weight is 244 g/mol. The monoisotopic (exact) mass is 244 g/mol. The Hall–Kier alpha value is -1.39. The molecule has 2 N–H and O–H groups in total. The number of fused-ring (bicyclic) bond motifs is 1. The van der Waals surface area contributed by atoms with Gasteiger partial charge in [-0.05, 0) is 38.6 Å². The molecule has 1 saturated heterocycles. The number of piperidine rings is 1. The number of hydrogen-bond acceptors (Lipinski definition) is 3. The third-order valence-electron chi connectivity index (χ3n) is 3.92. The van der Waals surface area contributed by atoms with E-state index in [1.54, 1.807) is 0 Å². The van der Waals surface area contributed by atoms with Crippen LogP contribution < -0.4 is 5.73 Å². The van der Waals surface area contributed by atoms with Crippen LogP contribution in [0.5, 0.6) is 0 Å². The summed E-state index contributed by atoms with van der Waals surface area (Å²) in [6, 6.07) is 6.59. The van der Waals surface area contributed by atoms with E-state index in [1.165, 1.54) is 31.5 Å². The fourth-order valence-electron chi connectivity index (χ4n) is 2.86. The van der Waals surface area contributed by atoms with Crippen LogP contribution in [0.4, 0.5) is 0 Å². The zero-order chi connectivity index (χ0) is 12.5. The van der Waals surface area contributed by atoms with Gasteiger partial charge in [0.1, 0.15) is 5.65 Å². The molecule has 1 aliphatic rings. The maximum absolute atomic E-state index is 5.77. The molecular weight excluding hydrogens is 224 g/mol. The minimum atomic E-state index is 0.462. The maximum atomic E-state index is 5.77. The first-order valence-corrected chi connectivity index (χ1v) is 6.67. The molecule has 2 aromatic rings. The minimum absolute atomic E-state index is 0.462. The fraction of sp³-hybridized carbons (Fsp3) is 0.500. The third-order valence-corrected chi connectivity index (χ3v) is 3.92. The summed E-state index contributed by atoms with van der Waals surface area (Å²) in [6.45, 7) is 1.72. The van der Waals surface area contributed by atoms with Crippen LogP contribution in [0.1, 0.15) is 36.7 Å². The molecule has 0 amide bonds. The molecule has 4 nitrogen and oxygen atoms in total. The number of nitrogens with two attached hydrogens (primary N) is 1. The third kappa shape index (κ3) is 1.91. The largest absolute Gasteiger partial charge is 0.325 e. The highest BCUT2D eigenvalue weighted by molar-refractivity contribution is 5.42. The lowest BCUT2D eigenvalue weighted by Crippen LogP contribution is -2.29. The van der Waals surface area contributed by atoms with Crippen molar-refractivity contribution in [3.8, 4) is 0 Å². The van der Waals surface area contributed by atoms with Crippen LogP contribution in [-0.2, 0) is 6.54 Å². The Morgan fingerprint density at radius 2 is 2.28 bits per heavy atom. The van der Waals surface area contributed by atoms with Gasteiger partial charge >= 0.3 is 0 Å². The highest BCUT2D eigenvalue weighted by Gasteiger charge is 2.23. The number of aromatic nitrogens is 2. The predicted molar refractivity (Wildman–Crippen MR) is 72.3 cm³/mol. The molecule has 0 spiro atoms. The van der Waals surface area contributed by atoms with E-state index in [1.807, 2.05) is 12.1 Å². The van der Waals surface area contributed by atoms with Gasteiger partial charge in [0.25, 0.3) is 0 Å². The first kappa shape index (κ1) is 11.7. The minimum Gasteiger partial charge on any atom is -0.325 e. The average Bonchev–Trinajstić information content (AvgIpc) is 2.82. The summed E-state index contributed by atoms with van der Waals surface area (Å²) in [5, 5.41) is 0. The van der Waals surface area contributed by atoms with Crippen LogP contribution in [0, 0.1) is 0 Å². The summed E-state index contributed by atoms with van der Waals surface area (Å²) in [6.07, 6.45) is 5.96.